The summed E-state index contributed by atoms with van der Waals surface area (Å²) in [6, 6.07) is 4.71. The number of aryl methyl sites for hydroxylation is 1. The summed E-state index contributed by atoms with van der Waals surface area (Å²) < 4.78 is 13.7. The van der Waals surface area contributed by atoms with Crippen molar-refractivity contribution < 1.29 is 4.39 Å². The number of nitrogens with zero attached hydrogens (tertiary/aromatic N) is 2. The van der Waals surface area contributed by atoms with E-state index in [-0.39, 0.29) is 5.82 Å². The van der Waals surface area contributed by atoms with Gasteiger partial charge in [-0.2, -0.15) is 0 Å². The fraction of sp³-hybridized carbons (Fsp3) is 0.333. The second-order valence-corrected chi connectivity index (χ2v) is 6.39. The van der Waals surface area contributed by atoms with Gasteiger partial charge >= 0.3 is 0 Å². The summed E-state index contributed by atoms with van der Waals surface area (Å²) in [5.41, 5.74) is 0.516. The molecule has 0 radical (unpaired) electrons. The van der Waals surface area contributed by atoms with E-state index < -0.39 is 0 Å². The Kier molecular flexibility index (Phi) is 6.15. The predicted octanol–water partition coefficient (Wildman–Crippen LogP) is 3.15. The highest BCUT2D eigenvalue weighted by Crippen LogP contribution is 2.18. The Balaban J connectivity index is 1.81. The number of thiazole rings is 1. The van der Waals surface area contributed by atoms with E-state index in [1.54, 1.807) is 30.5 Å². The average Bonchev–Trinajstić information content (AvgIpc) is 2.91. The van der Waals surface area contributed by atoms with Crippen molar-refractivity contribution in [3.63, 3.8) is 0 Å². The van der Waals surface area contributed by atoms with E-state index in [4.69, 9.17) is 11.6 Å². The number of hydrogen-bond acceptors (Lipinski definition) is 3. The summed E-state index contributed by atoms with van der Waals surface area (Å²) in [6.07, 6.45) is 2.33. The normalized spacial score (nSPS) is 11.5. The Morgan fingerprint density at radius 2 is 2.23 bits per heavy atom. The third-order valence-corrected chi connectivity index (χ3v) is 4.30. The number of guanidine groups is 1. The number of hydrogen-bond donors (Lipinski definition) is 2. The van der Waals surface area contributed by atoms with E-state index in [0.717, 1.165) is 5.01 Å². The maximum absolute atomic E-state index is 13.7. The topological polar surface area (TPSA) is 49.3 Å². The van der Waals surface area contributed by atoms with Crippen LogP contribution in [-0.2, 0) is 13.0 Å². The van der Waals surface area contributed by atoms with Gasteiger partial charge in [0.2, 0.25) is 0 Å². The number of aromatic nitrogens is 1. The van der Waals surface area contributed by atoms with Crippen molar-refractivity contribution >= 4 is 28.9 Å². The Hall–Kier alpha value is -1.66. The molecule has 4 nitrogen and oxygen atoms in total. The zero-order chi connectivity index (χ0) is 15.9. The van der Waals surface area contributed by atoms with Gasteiger partial charge in [0, 0.05) is 35.3 Å². The van der Waals surface area contributed by atoms with Gasteiger partial charge in [-0.05, 0) is 25.5 Å². The largest absolute Gasteiger partial charge is 0.356 e. The zero-order valence-corrected chi connectivity index (χ0v) is 14.1. The lowest BCUT2D eigenvalue weighted by Crippen LogP contribution is -2.37. The van der Waals surface area contributed by atoms with E-state index >= 15 is 0 Å². The van der Waals surface area contributed by atoms with Crippen LogP contribution in [0.1, 0.15) is 15.4 Å². The molecule has 0 saturated carbocycles. The Morgan fingerprint density at radius 1 is 1.41 bits per heavy atom. The van der Waals surface area contributed by atoms with Crippen molar-refractivity contribution in [1.29, 1.82) is 0 Å². The van der Waals surface area contributed by atoms with Gasteiger partial charge in [-0.1, -0.05) is 17.7 Å². The molecular weight excluding hydrogens is 323 g/mol. The van der Waals surface area contributed by atoms with Crippen LogP contribution < -0.4 is 10.6 Å². The molecule has 118 valence electrons. The smallest absolute Gasteiger partial charge is 0.191 e. The molecule has 0 aliphatic rings. The van der Waals surface area contributed by atoms with Crippen LogP contribution in [0.5, 0.6) is 0 Å². The summed E-state index contributed by atoms with van der Waals surface area (Å²) in [5, 5.41) is 7.76. The van der Waals surface area contributed by atoms with Crippen LogP contribution in [0.3, 0.4) is 0 Å². The second-order valence-electron chi connectivity index (χ2n) is 4.67. The Labute approximate surface area is 138 Å². The molecule has 0 aliphatic heterocycles. The first-order chi connectivity index (χ1) is 10.6. The van der Waals surface area contributed by atoms with Gasteiger partial charge in [0.05, 0.1) is 6.54 Å². The van der Waals surface area contributed by atoms with Crippen molar-refractivity contribution in [2.24, 2.45) is 4.99 Å². The summed E-state index contributed by atoms with van der Waals surface area (Å²) in [6.45, 7) is 3.17. The third-order valence-electron chi connectivity index (χ3n) is 3.03. The molecule has 0 fully saturated rings. The number of aliphatic imine (C=N–C) groups is 1. The molecule has 0 atom stereocenters. The molecule has 0 saturated heterocycles. The molecule has 2 N–H and O–H groups in total. The molecular formula is C15H18ClFN4S. The summed E-state index contributed by atoms with van der Waals surface area (Å²) in [7, 11) is 1.69. The van der Waals surface area contributed by atoms with Crippen LogP contribution >= 0.6 is 22.9 Å². The minimum absolute atomic E-state index is 0.282. The summed E-state index contributed by atoms with van der Waals surface area (Å²) >= 11 is 7.64. The molecule has 1 aromatic heterocycles. The first-order valence-electron chi connectivity index (χ1n) is 6.89. The van der Waals surface area contributed by atoms with E-state index in [0.29, 0.717) is 36.1 Å². The average molecular weight is 341 g/mol. The fourth-order valence-corrected chi connectivity index (χ4v) is 2.92. The van der Waals surface area contributed by atoms with E-state index in [1.807, 2.05) is 13.1 Å². The van der Waals surface area contributed by atoms with Gasteiger partial charge in [0.1, 0.15) is 10.8 Å². The van der Waals surface area contributed by atoms with Gasteiger partial charge in [0.25, 0.3) is 0 Å². The molecule has 0 unspecified atom stereocenters. The molecule has 0 bridgehead atoms. The quantitative estimate of drug-likeness (QED) is 0.649. The Bertz CT molecular complexity index is 636. The van der Waals surface area contributed by atoms with Gasteiger partial charge in [-0.15, -0.1) is 11.3 Å². The van der Waals surface area contributed by atoms with E-state index in [9.17, 15) is 4.39 Å². The minimum atomic E-state index is -0.282. The monoisotopic (exact) mass is 340 g/mol. The maximum atomic E-state index is 13.7. The highest BCUT2D eigenvalue weighted by molar-refractivity contribution is 7.11. The lowest BCUT2D eigenvalue weighted by Gasteiger charge is -2.11. The highest BCUT2D eigenvalue weighted by Gasteiger charge is 2.07. The number of benzene rings is 1. The van der Waals surface area contributed by atoms with Gasteiger partial charge in [-0.3, -0.25) is 4.99 Å². The number of rotatable bonds is 5. The van der Waals surface area contributed by atoms with Crippen LogP contribution in [0.2, 0.25) is 5.02 Å². The zero-order valence-electron chi connectivity index (χ0n) is 12.5. The lowest BCUT2D eigenvalue weighted by molar-refractivity contribution is 0.607. The van der Waals surface area contributed by atoms with Crippen molar-refractivity contribution in [2.75, 3.05) is 13.6 Å². The molecule has 2 aromatic rings. The molecule has 22 heavy (non-hydrogen) atoms. The number of nitrogens with one attached hydrogen (secondary N) is 2. The van der Waals surface area contributed by atoms with Gasteiger partial charge in [-0.25, -0.2) is 9.37 Å². The van der Waals surface area contributed by atoms with Crippen molar-refractivity contribution in [3.05, 3.63) is 50.7 Å². The molecule has 1 aromatic carbocycles. The van der Waals surface area contributed by atoms with Crippen molar-refractivity contribution in [3.8, 4) is 0 Å². The van der Waals surface area contributed by atoms with Crippen LogP contribution in [0.25, 0.3) is 0 Å². The standard InChI is InChI=1S/C15H18ClFN4S/c1-10-8-20-14(22-10)9-21-15(18-2)19-7-6-11-12(16)4-3-5-13(11)17/h3-5,8H,6-7,9H2,1-2H3,(H2,18,19,21). The first-order valence-corrected chi connectivity index (χ1v) is 8.08. The fourth-order valence-electron chi connectivity index (χ4n) is 1.94. The molecule has 2 rings (SSSR count). The maximum Gasteiger partial charge on any atom is 0.191 e. The molecule has 7 heteroatoms. The summed E-state index contributed by atoms with van der Waals surface area (Å²) in [5.74, 6) is 0.371. The SMILES string of the molecule is CN=C(NCCc1c(F)cccc1Cl)NCc1ncc(C)s1. The van der Waals surface area contributed by atoms with Crippen LogP contribution in [0.4, 0.5) is 4.39 Å². The predicted molar refractivity (Wildman–Crippen MR) is 90.2 cm³/mol. The minimum Gasteiger partial charge on any atom is -0.356 e. The van der Waals surface area contributed by atoms with E-state index in [1.165, 1.54) is 10.9 Å². The number of halogens is 2. The summed E-state index contributed by atoms with van der Waals surface area (Å²) in [4.78, 5) is 9.58. The third kappa shape index (κ3) is 4.68. The highest BCUT2D eigenvalue weighted by atomic mass is 35.5. The van der Waals surface area contributed by atoms with Crippen molar-refractivity contribution in [1.82, 2.24) is 15.6 Å². The first kappa shape index (κ1) is 16.7. The van der Waals surface area contributed by atoms with Crippen molar-refractivity contribution in [2.45, 2.75) is 19.9 Å². The molecule has 0 spiro atoms. The van der Waals surface area contributed by atoms with Crippen LogP contribution in [0, 0.1) is 12.7 Å². The van der Waals surface area contributed by atoms with Gasteiger partial charge < -0.3 is 10.6 Å². The van der Waals surface area contributed by atoms with Crippen LogP contribution in [0.15, 0.2) is 29.4 Å². The molecule has 0 aliphatic carbocycles. The van der Waals surface area contributed by atoms with E-state index in [2.05, 4.69) is 20.6 Å². The Morgan fingerprint density at radius 3 is 2.86 bits per heavy atom. The molecule has 1 heterocycles. The van der Waals surface area contributed by atoms with Crippen LogP contribution in [-0.4, -0.2) is 24.5 Å². The lowest BCUT2D eigenvalue weighted by atomic mass is 10.1. The molecule has 0 amide bonds. The second kappa shape index (κ2) is 8.10. The van der Waals surface area contributed by atoms with Gasteiger partial charge in [0.15, 0.2) is 5.96 Å².